The second-order valence-corrected chi connectivity index (χ2v) is 10.0. The maximum atomic E-state index is 8.89. The van der Waals surface area contributed by atoms with Gasteiger partial charge in [0, 0.05) is 42.4 Å². The molecule has 2 heterocycles. The predicted molar refractivity (Wildman–Crippen MR) is 180 cm³/mol. The summed E-state index contributed by atoms with van der Waals surface area (Å²) in [6, 6.07) is -5.81. The molecule has 43 heavy (non-hydrogen) atoms. The van der Waals surface area contributed by atoms with Crippen LogP contribution in [0.1, 0.15) is 27.4 Å². The Morgan fingerprint density at radius 1 is 0.465 bits per heavy atom. The molecule has 3 nitrogen and oxygen atoms in total. The number of hydrogen-bond donors (Lipinski definition) is 0. The van der Waals surface area contributed by atoms with E-state index in [0.717, 1.165) is 11.3 Å². The molecule has 0 aliphatic carbocycles. The molecule has 202 valence electrons. The molecule has 0 atom stereocenters. The molecule has 2 aromatic heterocycles. The van der Waals surface area contributed by atoms with Crippen LogP contribution in [0.15, 0.2) is 151 Å². The summed E-state index contributed by atoms with van der Waals surface area (Å²) in [5.41, 5.74) is -1.31. The molecule has 8 rings (SSSR count). The van der Waals surface area contributed by atoms with Crippen molar-refractivity contribution < 1.29 is 27.4 Å². The largest absolute Gasteiger partial charge is 0.208 e. The third kappa shape index (κ3) is 4.68. The highest BCUT2D eigenvalue weighted by molar-refractivity contribution is 7.26. The topological polar surface area (TPSA) is 38.7 Å². The molecule has 0 spiro atoms. The zero-order valence-electron chi connectivity index (χ0n) is 41.6. The van der Waals surface area contributed by atoms with Gasteiger partial charge in [-0.15, -0.1) is 11.3 Å². The molecule has 0 saturated heterocycles. The smallest absolute Gasteiger partial charge is 0.164 e. The quantitative estimate of drug-likeness (QED) is 0.201. The van der Waals surface area contributed by atoms with Crippen LogP contribution in [0.4, 0.5) is 0 Å². The molecule has 0 bridgehead atoms. The van der Waals surface area contributed by atoms with E-state index in [1.54, 1.807) is 12.1 Å². The van der Waals surface area contributed by atoms with E-state index in [2.05, 4.69) is 15.0 Å². The summed E-state index contributed by atoms with van der Waals surface area (Å²) < 4.78 is 171. The van der Waals surface area contributed by atoms with E-state index in [0.29, 0.717) is 14.8 Å². The molecule has 6 aromatic carbocycles. The Morgan fingerprint density at radius 2 is 0.977 bits per heavy atom. The van der Waals surface area contributed by atoms with Crippen molar-refractivity contribution in [2.24, 2.45) is 0 Å². The minimum Gasteiger partial charge on any atom is -0.208 e. The molecule has 0 N–H and O–H groups in total. The SMILES string of the molecule is [2H]c1c([2H])c([2H])c(-c2cc(-c3c([2H])c([2H])c([2H])c([2H])c3[2H])c3sc4cccc(-c5nc(-c6c([2H])c([2H])c([2H])c([2H])c6[2H])nc(-c6c([2H])c([2H])c([2H])c([2H])c6[2H])n5)c4c3c2)c([2H])c1[2H]. The van der Waals surface area contributed by atoms with Crippen LogP contribution in [0.5, 0.6) is 0 Å². The summed E-state index contributed by atoms with van der Waals surface area (Å²) in [5, 5.41) is 0.552. The summed E-state index contributed by atoms with van der Waals surface area (Å²) in [5.74, 6) is -1.32. The van der Waals surface area contributed by atoms with Gasteiger partial charge in [-0.25, -0.2) is 15.0 Å². The van der Waals surface area contributed by atoms with E-state index in [9.17, 15) is 0 Å². The Labute approximate surface area is 281 Å². The molecule has 0 aliphatic rings. The van der Waals surface area contributed by atoms with Crippen LogP contribution in [0.3, 0.4) is 0 Å². The van der Waals surface area contributed by atoms with E-state index >= 15 is 0 Å². The van der Waals surface area contributed by atoms with Gasteiger partial charge >= 0.3 is 0 Å². The van der Waals surface area contributed by atoms with E-state index in [1.807, 2.05) is 0 Å². The van der Waals surface area contributed by atoms with Crippen molar-refractivity contribution in [2.75, 3.05) is 0 Å². The number of thiophene rings is 1. The Hall–Kier alpha value is -5.45. The molecule has 0 unspecified atom stereocenters. The Bertz CT molecular complexity index is 3170. The van der Waals surface area contributed by atoms with Crippen LogP contribution in [-0.4, -0.2) is 15.0 Å². The van der Waals surface area contributed by atoms with Gasteiger partial charge in [-0.1, -0.05) is 133 Å². The lowest BCUT2D eigenvalue weighted by Crippen LogP contribution is -2.00. The maximum Gasteiger partial charge on any atom is 0.164 e. The molecular weight excluding hydrogens is 543 g/mol. The van der Waals surface area contributed by atoms with Crippen molar-refractivity contribution in [1.29, 1.82) is 0 Å². The number of fused-ring (bicyclic) bond motifs is 3. The Morgan fingerprint density at radius 3 is 1.56 bits per heavy atom. The van der Waals surface area contributed by atoms with Crippen LogP contribution >= 0.6 is 11.3 Å². The van der Waals surface area contributed by atoms with Crippen molar-refractivity contribution in [1.82, 2.24) is 15.0 Å². The zero-order chi connectivity index (χ0) is 46.0. The summed E-state index contributed by atoms with van der Waals surface area (Å²) in [6.45, 7) is 0. The lowest BCUT2D eigenvalue weighted by Gasteiger charge is -2.11. The van der Waals surface area contributed by atoms with Gasteiger partial charge in [0.2, 0.25) is 0 Å². The summed E-state index contributed by atoms with van der Waals surface area (Å²) in [7, 11) is 0. The minimum absolute atomic E-state index is 0.00565. The highest BCUT2D eigenvalue weighted by Crippen LogP contribution is 2.45. The second kappa shape index (κ2) is 10.8. The molecule has 0 aliphatic heterocycles. The van der Waals surface area contributed by atoms with Crippen molar-refractivity contribution in [2.45, 2.75) is 0 Å². The van der Waals surface area contributed by atoms with Crippen molar-refractivity contribution in [3.05, 3.63) is 151 Å². The molecular formula is C39H25N3S. The van der Waals surface area contributed by atoms with Gasteiger partial charge in [-0.3, -0.25) is 0 Å². The highest BCUT2D eigenvalue weighted by atomic mass is 32.1. The minimum atomic E-state index is -0.733. The Kier molecular flexibility index (Phi) is 3.01. The molecule has 0 fully saturated rings. The van der Waals surface area contributed by atoms with Crippen molar-refractivity contribution in [3.8, 4) is 56.4 Å². The molecule has 0 saturated carbocycles. The van der Waals surface area contributed by atoms with E-state index in [4.69, 9.17) is 27.4 Å². The lowest BCUT2D eigenvalue weighted by molar-refractivity contribution is 1.08. The number of benzene rings is 6. The first-order valence-electron chi connectivity index (χ1n) is 22.6. The van der Waals surface area contributed by atoms with Gasteiger partial charge in [-0.05, 0) is 34.9 Å². The normalized spacial score (nSPS) is 17.8. The van der Waals surface area contributed by atoms with Gasteiger partial charge in [-0.2, -0.15) is 0 Å². The fourth-order valence-electron chi connectivity index (χ4n) is 4.67. The fraction of sp³-hybridized carbons (Fsp3) is 0. The maximum absolute atomic E-state index is 8.89. The van der Waals surface area contributed by atoms with Crippen LogP contribution in [-0.2, 0) is 0 Å². The van der Waals surface area contributed by atoms with E-state index in [1.165, 1.54) is 18.2 Å². The number of rotatable bonds is 5. The molecule has 8 aromatic rings. The van der Waals surface area contributed by atoms with E-state index in [-0.39, 0.29) is 39.0 Å². The van der Waals surface area contributed by atoms with Gasteiger partial charge in [0.15, 0.2) is 17.5 Å². The van der Waals surface area contributed by atoms with Crippen LogP contribution < -0.4 is 0 Å². The number of nitrogens with zero attached hydrogens (tertiary/aromatic N) is 3. The van der Waals surface area contributed by atoms with Gasteiger partial charge in [0.05, 0.1) is 27.4 Å². The van der Waals surface area contributed by atoms with Gasteiger partial charge < -0.3 is 0 Å². The zero-order valence-corrected chi connectivity index (χ0v) is 22.5. The van der Waals surface area contributed by atoms with Crippen molar-refractivity contribution >= 4 is 31.5 Å². The average molecular weight is 588 g/mol. The Balaban J connectivity index is 1.56. The number of hydrogen-bond acceptors (Lipinski definition) is 4. The average Bonchev–Trinajstić information content (AvgIpc) is 3.65. The van der Waals surface area contributed by atoms with Gasteiger partial charge in [0.1, 0.15) is 0 Å². The third-order valence-electron chi connectivity index (χ3n) is 6.48. The first kappa shape index (κ1) is 12.0. The van der Waals surface area contributed by atoms with Crippen LogP contribution in [0.25, 0.3) is 76.6 Å². The highest BCUT2D eigenvalue weighted by Gasteiger charge is 2.19. The summed E-state index contributed by atoms with van der Waals surface area (Å²) >= 11 is 1.10. The number of aromatic nitrogens is 3. The first-order chi connectivity index (χ1) is 29.6. The van der Waals surface area contributed by atoms with Crippen LogP contribution in [0, 0.1) is 0 Å². The second-order valence-electron chi connectivity index (χ2n) is 8.99. The first-order valence-corrected chi connectivity index (χ1v) is 13.5. The van der Waals surface area contributed by atoms with E-state index < -0.39 is 144 Å². The van der Waals surface area contributed by atoms with Crippen molar-refractivity contribution in [3.63, 3.8) is 0 Å². The standard InChI is InChI=1S/C39H25N3S/c1-5-14-26(15-6-1)30-24-32(27-16-7-2-8-17-27)36-33(25-30)35-31(22-13-23-34(35)43-36)39-41-37(28-18-9-3-10-19-28)40-38(42-39)29-20-11-4-12-21-29/h1-25H/i1D,2D,3D,4D,5D,6D,7D,8D,9D,10D,11D,12D,14D,15D,16D,17D,18D,19D,20D,21D. The summed E-state index contributed by atoms with van der Waals surface area (Å²) in [6.07, 6.45) is 0. The monoisotopic (exact) mass is 587 g/mol. The van der Waals surface area contributed by atoms with Crippen LogP contribution in [0.2, 0.25) is 0 Å². The molecule has 0 radical (unpaired) electrons. The molecule has 4 heteroatoms. The predicted octanol–water partition coefficient (Wildman–Crippen LogP) is 10.6. The lowest BCUT2D eigenvalue weighted by atomic mass is 9.95. The summed E-state index contributed by atoms with van der Waals surface area (Å²) in [4.78, 5) is 13.5. The third-order valence-corrected chi connectivity index (χ3v) is 7.68. The fourth-order valence-corrected chi connectivity index (χ4v) is 5.90. The molecule has 0 amide bonds. The van der Waals surface area contributed by atoms with Gasteiger partial charge in [0.25, 0.3) is 0 Å².